The van der Waals surface area contributed by atoms with Crippen molar-refractivity contribution in [2.75, 3.05) is 0 Å². The summed E-state index contributed by atoms with van der Waals surface area (Å²) in [6, 6.07) is 0. The fraction of sp³-hybridized carbons (Fsp3) is 0.429. The molecule has 0 spiro atoms. The summed E-state index contributed by atoms with van der Waals surface area (Å²) >= 11 is 0. The maximum absolute atomic E-state index is 3.81. The third-order valence-corrected chi connectivity index (χ3v) is 2.55. The first kappa shape index (κ1) is 11.0. The molecule has 76 valence electrons. The van der Waals surface area contributed by atoms with Gasteiger partial charge in [0.25, 0.3) is 0 Å². The van der Waals surface area contributed by atoms with Crippen molar-refractivity contribution in [2.24, 2.45) is 11.8 Å². The Labute approximate surface area is 87.7 Å². The van der Waals surface area contributed by atoms with Gasteiger partial charge in [-0.1, -0.05) is 42.5 Å². The van der Waals surface area contributed by atoms with Gasteiger partial charge in [-0.25, -0.2) is 0 Å². The summed E-state index contributed by atoms with van der Waals surface area (Å²) in [6.07, 6.45) is 18.7. The van der Waals surface area contributed by atoms with Crippen molar-refractivity contribution in [1.82, 2.24) is 0 Å². The topological polar surface area (TPSA) is 0 Å². The summed E-state index contributed by atoms with van der Waals surface area (Å²) in [5.41, 5.74) is 0. The van der Waals surface area contributed by atoms with E-state index in [9.17, 15) is 0 Å². The van der Waals surface area contributed by atoms with Crippen LogP contribution in [0.2, 0.25) is 0 Å². The van der Waals surface area contributed by atoms with E-state index in [4.69, 9.17) is 0 Å². The van der Waals surface area contributed by atoms with Gasteiger partial charge in [0, 0.05) is 0 Å². The Balaban J connectivity index is 2.33. The van der Waals surface area contributed by atoms with E-state index in [1.807, 2.05) is 25.2 Å². The lowest BCUT2D eigenvalue weighted by atomic mass is 9.99. The van der Waals surface area contributed by atoms with Crippen molar-refractivity contribution >= 4 is 0 Å². The van der Waals surface area contributed by atoms with E-state index in [1.165, 1.54) is 12.8 Å². The molecule has 0 bridgehead atoms. The highest BCUT2D eigenvalue weighted by molar-refractivity contribution is 5.12. The van der Waals surface area contributed by atoms with E-state index in [2.05, 4.69) is 30.9 Å². The molecule has 0 N–H and O–H groups in total. The summed E-state index contributed by atoms with van der Waals surface area (Å²) in [5, 5.41) is 0. The highest BCUT2D eigenvalue weighted by atomic mass is 14.3. The van der Waals surface area contributed by atoms with Crippen molar-refractivity contribution in [2.45, 2.75) is 26.2 Å². The second-order valence-corrected chi connectivity index (χ2v) is 3.82. The molecule has 0 aromatic heterocycles. The smallest absolute Gasteiger partial charge is 0.0168 e. The largest absolute Gasteiger partial charge is 0.103 e. The maximum Gasteiger partial charge on any atom is -0.0168 e. The first-order valence-corrected chi connectivity index (χ1v) is 5.45. The molecule has 0 aromatic rings. The summed E-state index contributed by atoms with van der Waals surface area (Å²) in [4.78, 5) is 0. The second kappa shape index (κ2) is 6.42. The number of hydrogen-bond acceptors (Lipinski definition) is 0. The van der Waals surface area contributed by atoms with Crippen LogP contribution in [0.4, 0.5) is 0 Å². The zero-order chi connectivity index (χ0) is 10.2. The molecule has 0 radical (unpaired) electrons. The molecule has 14 heavy (non-hydrogen) atoms. The van der Waals surface area contributed by atoms with Gasteiger partial charge in [-0.15, -0.1) is 6.58 Å². The molecule has 0 amide bonds. The Kier molecular flexibility index (Phi) is 5.06. The van der Waals surface area contributed by atoms with Gasteiger partial charge in [0.15, 0.2) is 0 Å². The van der Waals surface area contributed by atoms with E-state index in [1.54, 1.807) is 0 Å². The van der Waals surface area contributed by atoms with Gasteiger partial charge in [-0.3, -0.25) is 0 Å². The summed E-state index contributed by atoms with van der Waals surface area (Å²) in [7, 11) is 0. The Morgan fingerprint density at radius 2 is 1.93 bits per heavy atom. The van der Waals surface area contributed by atoms with Crippen molar-refractivity contribution in [1.29, 1.82) is 0 Å². The van der Waals surface area contributed by atoms with Gasteiger partial charge < -0.3 is 0 Å². The van der Waals surface area contributed by atoms with Crippen LogP contribution >= 0.6 is 0 Å². The van der Waals surface area contributed by atoms with Crippen LogP contribution in [0.25, 0.3) is 0 Å². The van der Waals surface area contributed by atoms with Crippen molar-refractivity contribution < 1.29 is 0 Å². The van der Waals surface area contributed by atoms with Gasteiger partial charge in [-0.2, -0.15) is 0 Å². The molecular weight excluding hydrogens is 168 g/mol. The summed E-state index contributed by atoms with van der Waals surface area (Å²) < 4.78 is 0. The minimum Gasteiger partial charge on any atom is -0.103 e. The molecule has 0 nitrogen and oxygen atoms in total. The molecule has 0 aromatic carbocycles. The van der Waals surface area contributed by atoms with Gasteiger partial charge in [-0.05, 0) is 38.0 Å². The predicted octanol–water partition coefficient (Wildman–Crippen LogP) is 4.28. The van der Waals surface area contributed by atoms with Gasteiger partial charge >= 0.3 is 0 Å². The van der Waals surface area contributed by atoms with E-state index in [0.717, 1.165) is 18.3 Å². The summed E-state index contributed by atoms with van der Waals surface area (Å²) in [5.74, 6) is 1.65. The highest BCUT2D eigenvalue weighted by Crippen LogP contribution is 2.39. The molecule has 0 heteroatoms. The predicted molar refractivity (Wildman–Crippen MR) is 64.1 cm³/mol. The van der Waals surface area contributed by atoms with Crippen LogP contribution in [-0.2, 0) is 0 Å². The first-order valence-electron chi connectivity index (χ1n) is 5.45. The van der Waals surface area contributed by atoms with E-state index in [-0.39, 0.29) is 0 Å². The Hall–Kier alpha value is -1.04. The standard InChI is InChI=1S/C14H20/c1-3-5-6-7-8-10-13(9-4-2)14-11-12-14/h3-8,10,13-14H,2,9,11-12H2,1H3/b5-3+,7-6+,10-8+. The molecule has 1 rings (SSSR count). The lowest BCUT2D eigenvalue weighted by molar-refractivity contribution is 0.578. The van der Waals surface area contributed by atoms with Crippen molar-refractivity contribution in [3.05, 3.63) is 49.1 Å². The van der Waals surface area contributed by atoms with Gasteiger partial charge in [0.05, 0.1) is 0 Å². The molecule has 0 heterocycles. The molecule has 0 saturated heterocycles. The number of rotatable bonds is 6. The lowest BCUT2D eigenvalue weighted by Gasteiger charge is -2.06. The maximum atomic E-state index is 3.81. The monoisotopic (exact) mass is 188 g/mol. The van der Waals surface area contributed by atoms with E-state index < -0.39 is 0 Å². The Bertz CT molecular complexity index is 239. The Morgan fingerprint density at radius 1 is 1.21 bits per heavy atom. The lowest BCUT2D eigenvalue weighted by Crippen LogP contribution is -1.96. The minimum absolute atomic E-state index is 0.725. The van der Waals surface area contributed by atoms with Crippen LogP contribution in [0, 0.1) is 11.8 Å². The van der Waals surface area contributed by atoms with Crippen LogP contribution in [-0.4, -0.2) is 0 Å². The fourth-order valence-corrected chi connectivity index (χ4v) is 1.59. The third kappa shape index (κ3) is 4.27. The quantitative estimate of drug-likeness (QED) is 0.431. The zero-order valence-corrected chi connectivity index (χ0v) is 9.02. The van der Waals surface area contributed by atoms with Crippen LogP contribution in [0.3, 0.4) is 0 Å². The van der Waals surface area contributed by atoms with Crippen molar-refractivity contribution in [3.8, 4) is 0 Å². The molecule has 1 aliphatic rings. The number of hydrogen-bond donors (Lipinski definition) is 0. The molecule has 1 fully saturated rings. The van der Waals surface area contributed by atoms with Gasteiger partial charge in [0.2, 0.25) is 0 Å². The minimum atomic E-state index is 0.725. The van der Waals surface area contributed by atoms with Gasteiger partial charge in [0.1, 0.15) is 0 Å². The van der Waals surface area contributed by atoms with Crippen LogP contribution in [0.5, 0.6) is 0 Å². The first-order chi connectivity index (χ1) is 6.88. The second-order valence-electron chi connectivity index (χ2n) is 3.82. The molecule has 1 atom stereocenters. The van der Waals surface area contributed by atoms with E-state index in [0.29, 0.717) is 0 Å². The highest BCUT2D eigenvalue weighted by Gasteiger charge is 2.27. The van der Waals surface area contributed by atoms with Crippen LogP contribution in [0.15, 0.2) is 49.1 Å². The molecule has 0 aliphatic heterocycles. The average molecular weight is 188 g/mol. The molecule has 1 unspecified atom stereocenters. The fourth-order valence-electron chi connectivity index (χ4n) is 1.59. The zero-order valence-electron chi connectivity index (χ0n) is 9.02. The van der Waals surface area contributed by atoms with Crippen LogP contribution < -0.4 is 0 Å². The normalized spacial score (nSPS) is 19.8. The molecular formula is C14H20. The molecule has 1 aliphatic carbocycles. The SMILES string of the molecule is C=CCC(/C=C/C=C/C=C/C)C1CC1. The average Bonchev–Trinajstić information content (AvgIpc) is 2.99. The van der Waals surface area contributed by atoms with E-state index >= 15 is 0 Å². The number of allylic oxidation sites excluding steroid dienone is 7. The Morgan fingerprint density at radius 3 is 2.50 bits per heavy atom. The van der Waals surface area contributed by atoms with Crippen LogP contribution in [0.1, 0.15) is 26.2 Å². The third-order valence-electron chi connectivity index (χ3n) is 2.55. The van der Waals surface area contributed by atoms with Crippen molar-refractivity contribution in [3.63, 3.8) is 0 Å². The summed E-state index contributed by atoms with van der Waals surface area (Å²) in [6.45, 7) is 5.83. The molecule has 1 saturated carbocycles.